The highest BCUT2D eigenvalue weighted by molar-refractivity contribution is 7.80. The summed E-state index contributed by atoms with van der Waals surface area (Å²) in [5, 5.41) is 0. The maximum Gasteiger partial charge on any atom is 0.122 e. The van der Waals surface area contributed by atoms with Crippen molar-refractivity contribution in [2.75, 3.05) is 19.7 Å². The van der Waals surface area contributed by atoms with E-state index in [9.17, 15) is 0 Å². The van der Waals surface area contributed by atoms with Gasteiger partial charge in [0.15, 0.2) is 0 Å². The van der Waals surface area contributed by atoms with Crippen molar-refractivity contribution in [1.29, 1.82) is 0 Å². The quantitative estimate of drug-likeness (QED) is 0.832. The molecule has 1 aliphatic rings. The number of hydrogen-bond donors (Lipinski definition) is 1. The summed E-state index contributed by atoms with van der Waals surface area (Å²) in [5.41, 5.74) is 7.49. The number of ether oxygens (including phenoxy) is 1. The molecule has 1 aromatic heterocycles. The Kier molecular flexibility index (Phi) is 4.63. The van der Waals surface area contributed by atoms with E-state index >= 15 is 0 Å². The minimum absolute atomic E-state index is 0.352. The second kappa shape index (κ2) is 6.22. The first-order valence-corrected chi connectivity index (χ1v) is 6.68. The molecule has 4 nitrogen and oxygen atoms in total. The minimum atomic E-state index is 0.352. The van der Waals surface area contributed by atoms with E-state index in [1.165, 1.54) is 5.56 Å². The van der Waals surface area contributed by atoms with Crippen LogP contribution in [0.2, 0.25) is 0 Å². The van der Waals surface area contributed by atoms with Crippen molar-refractivity contribution in [3.8, 4) is 0 Å². The molecule has 1 unspecified atom stereocenters. The fourth-order valence-corrected chi connectivity index (χ4v) is 2.25. The van der Waals surface area contributed by atoms with Gasteiger partial charge >= 0.3 is 0 Å². The summed E-state index contributed by atoms with van der Waals surface area (Å²) in [4.78, 5) is 6.90. The lowest BCUT2D eigenvalue weighted by atomic mass is 10.1. The van der Waals surface area contributed by atoms with E-state index in [1.54, 1.807) is 6.20 Å². The average Bonchev–Trinajstić information content (AvgIpc) is 2.39. The monoisotopic (exact) mass is 265 g/mol. The van der Waals surface area contributed by atoms with Crippen molar-refractivity contribution in [2.45, 2.75) is 26.0 Å². The third-order valence-corrected chi connectivity index (χ3v) is 3.37. The molecule has 1 aliphatic heterocycles. The second-order valence-corrected chi connectivity index (χ2v) is 4.99. The zero-order valence-corrected chi connectivity index (χ0v) is 11.4. The lowest BCUT2D eigenvalue weighted by molar-refractivity contribution is -0.0324. The number of pyridine rings is 1. The Morgan fingerprint density at radius 1 is 1.67 bits per heavy atom. The summed E-state index contributed by atoms with van der Waals surface area (Å²) in [6.07, 6.45) is 3.18. The molecule has 0 amide bonds. The summed E-state index contributed by atoms with van der Waals surface area (Å²) in [7, 11) is 0. The lowest BCUT2D eigenvalue weighted by Gasteiger charge is -2.32. The predicted octanol–water partition coefficient (Wildman–Crippen LogP) is 1.33. The SMILES string of the molecule is CCC1CN(Cc2ccnc(C(N)=S)c2)CCO1. The topological polar surface area (TPSA) is 51.4 Å². The molecule has 1 aromatic rings. The van der Waals surface area contributed by atoms with Gasteiger partial charge in [0.2, 0.25) is 0 Å². The molecule has 2 N–H and O–H groups in total. The molecule has 0 radical (unpaired) electrons. The van der Waals surface area contributed by atoms with Crippen LogP contribution in [-0.2, 0) is 11.3 Å². The third-order valence-electron chi connectivity index (χ3n) is 3.16. The zero-order valence-electron chi connectivity index (χ0n) is 10.6. The van der Waals surface area contributed by atoms with Crippen LogP contribution in [0.5, 0.6) is 0 Å². The highest BCUT2D eigenvalue weighted by Crippen LogP contribution is 2.12. The Morgan fingerprint density at radius 2 is 2.50 bits per heavy atom. The molecular weight excluding hydrogens is 246 g/mol. The van der Waals surface area contributed by atoms with E-state index in [1.807, 2.05) is 12.1 Å². The van der Waals surface area contributed by atoms with Gasteiger partial charge in [0.05, 0.1) is 18.4 Å². The van der Waals surface area contributed by atoms with Crippen molar-refractivity contribution in [2.24, 2.45) is 5.73 Å². The number of thiocarbonyl (C=S) groups is 1. The fraction of sp³-hybridized carbons (Fsp3) is 0.538. The maximum atomic E-state index is 5.66. The van der Waals surface area contributed by atoms with Gasteiger partial charge in [0.1, 0.15) is 4.99 Å². The van der Waals surface area contributed by atoms with E-state index < -0.39 is 0 Å². The third kappa shape index (κ3) is 3.48. The molecule has 1 fully saturated rings. The predicted molar refractivity (Wildman–Crippen MR) is 75.4 cm³/mol. The van der Waals surface area contributed by atoms with Crippen molar-refractivity contribution >= 4 is 17.2 Å². The van der Waals surface area contributed by atoms with Crippen molar-refractivity contribution in [1.82, 2.24) is 9.88 Å². The lowest BCUT2D eigenvalue weighted by Crippen LogP contribution is -2.41. The van der Waals surface area contributed by atoms with E-state index in [-0.39, 0.29) is 0 Å². The number of nitrogens with two attached hydrogens (primary N) is 1. The van der Waals surface area contributed by atoms with Crippen LogP contribution in [0.3, 0.4) is 0 Å². The smallest absolute Gasteiger partial charge is 0.122 e. The normalized spacial score (nSPS) is 20.8. The van der Waals surface area contributed by atoms with Gasteiger partial charge in [0.25, 0.3) is 0 Å². The molecule has 0 bridgehead atoms. The highest BCUT2D eigenvalue weighted by atomic mass is 32.1. The Morgan fingerprint density at radius 3 is 3.22 bits per heavy atom. The van der Waals surface area contributed by atoms with Gasteiger partial charge in [-0.3, -0.25) is 9.88 Å². The van der Waals surface area contributed by atoms with Crippen LogP contribution in [0.1, 0.15) is 24.6 Å². The Bertz CT molecular complexity index is 424. The first-order chi connectivity index (χ1) is 8.69. The maximum absolute atomic E-state index is 5.66. The van der Waals surface area contributed by atoms with Gasteiger partial charge in [-0.1, -0.05) is 19.1 Å². The van der Waals surface area contributed by atoms with Crippen molar-refractivity contribution < 1.29 is 4.74 Å². The molecule has 0 spiro atoms. The summed E-state index contributed by atoms with van der Waals surface area (Å²) < 4.78 is 5.66. The first-order valence-electron chi connectivity index (χ1n) is 6.27. The van der Waals surface area contributed by atoms with Crippen LogP contribution in [0.4, 0.5) is 0 Å². The minimum Gasteiger partial charge on any atom is -0.388 e. The van der Waals surface area contributed by atoms with Gasteiger partial charge in [-0.25, -0.2) is 0 Å². The molecule has 98 valence electrons. The van der Waals surface area contributed by atoms with Gasteiger partial charge in [-0.2, -0.15) is 0 Å². The van der Waals surface area contributed by atoms with Crippen LogP contribution in [0.15, 0.2) is 18.3 Å². The zero-order chi connectivity index (χ0) is 13.0. The number of morpholine rings is 1. The standard InChI is InChI=1S/C13H19N3OS/c1-2-11-9-16(5-6-17-11)8-10-3-4-15-12(7-10)13(14)18/h3-4,7,11H,2,5-6,8-9H2,1H3,(H2,14,18). The number of hydrogen-bond acceptors (Lipinski definition) is 4. The molecule has 0 aromatic carbocycles. The average molecular weight is 265 g/mol. The van der Waals surface area contributed by atoms with Crippen LogP contribution in [0.25, 0.3) is 0 Å². The molecule has 1 saturated heterocycles. The molecule has 0 aliphatic carbocycles. The van der Waals surface area contributed by atoms with Crippen LogP contribution < -0.4 is 5.73 Å². The molecule has 18 heavy (non-hydrogen) atoms. The first kappa shape index (κ1) is 13.4. The Balaban J connectivity index is 2.00. The second-order valence-electron chi connectivity index (χ2n) is 4.55. The number of rotatable bonds is 4. The van der Waals surface area contributed by atoms with Crippen molar-refractivity contribution in [3.05, 3.63) is 29.6 Å². The summed E-state index contributed by atoms with van der Waals surface area (Å²) in [6, 6.07) is 3.98. The molecule has 5 heteroatoms. The largest absolute Gasteiger partial charge is 0.388 e. The Hall–Kier alpha value is -1.04. The fourth-order valence-electron chi connectivity index (χ4n) is 2.14. The molecule has 1 atom stereocenters. The summed E-state index contributed by atoms with van der Waals surface area (Å²) in [5.74, 6) is 0. The summed E-state index contributed by atoms with van der Waals surface area (Å²) in [6.45, 7) is 5.83. The summed E-state index contributed by atoms with van der Waals surface area (Å²) >= 11 is 4.95. The van der Waals surface area contributed by atoms with Gasteiger partial charge in [0, 0.05) is 25.8 Å². The molecule has 2 heterocycles. The van der Waals surface area contributed by atoms with E-state index in [4.69, 9.17) is 22.7 Å². The van der Waals surface area contributed by atoms with E-state index in [2.05, 4.69) is 16.8 Å². The molecule has 2 rings (SSSR count). The van der Waals surface area contributed by atoms with Crippen molar-refractivity contribution in [3.63, 3.8) is 0 Å². The van der Waals surface area contributed by atoms with Gasteiger partial charge in [-0.05, 0) is 24.1 Å². The molecular formula is C13H19N3OS. The Labute approximate surface area is 113 Å². The van der Waals surface area contributed by atoms with Crippen LogP contribution >= 0.6 is 12.2 Å². The number of nitrogens with zero attached hydrogens (tertiary/aromatic N) is 2. The van der Waals surface area contributed by atoms with Gasteiger partial charge in [-0.15, -0.1) is 0 Å². The molecule has 0 saturated carbocycles. The van der Waals surface area contributed by atoms with E-state index in [0.29, 0.717) is 16.8 Å². The van der Waals surface area contributed by atoms with Crippen LogP contribution in [0, 0.1) is 0 Å². The highest BCUT2D eigenvalue weighted by Gasteiger charge is 2.18. The van der Waals surface area contributed by atoms with Crippen LogP contribution in [-0.4, -0.2) is 40.7 Å². The van der Waals surface area contributed by atoms with E-state index in [0.717, 1.165) is 32.7 Å². The van der Waals surface area contributed by atoms with Gasteiger partial charge < -0.3 is 10.5 Å². The number of aromatic nitrogens is 1.